The van der Waals surface area contributed by atoms with E-state index in [0.29, 0.717) is 63.1 Å². The predicted molar refractivity (Wildman–Crippen MR) is 264 cm³/mol. The van der Waals surface area contributed by atoms with Crippen LogP contribution in [0.15, 0.2) is 36.4 Å². The van der Waals surface area contributed by atoms with Gasteiger partial charge in [-0.05, 0) is 141 Å². The number of anilines is 2. The summed E-state index contributed by atoms with van der Waals surface area (Å²) in [5.74, 6) is 0.271. The predicted octanol–water partition coefficient (Wildman–Crippen LogP) is 9.96. The number of hydrogen-bond acceptors (Lipinski definition) is 9. The smallest absolute Gasteiger partial charge is 0.312 e. The highest BCUT2D eigenvalue weighted by Crippen LogP contribution is 2.64. The number of halogens is 2. The number of esters is 1. The Hall–Kier alpha value is -4.56. The second-order valence-electron chi connectivity index (χ2n) is 22.5. The second-order valence-corrected chi connectivity index (χ2v) is 23.3. The van der Waals surface area contributed by atoms with Gasteiger partial charge in [-0.1, -0.05) is 47.5 Å². The number of rotatable bonds is 13. The molecule has 4 bridgehead atoms. The Morgan fingerprint density at radius 3 is 1.50 bits per heavy atom. The molecule has 10 rings (SSSR count). The number of amides is 2. The fourth-order valence-corrected chi connectivity index (χ4v) is 13.8. The largest absolute Gasteiger partial charge is 0.460 e. The van der Waals surface area contributed by atoms with Gasteiger partial charge in [0.05, 0.1) is 38.2 Å². The number of benzene rings is 2. The first-order valence-electron chi connectivity index (χ1n) is 24.8. The quantitative estimate of drug-likeness (QED) is 0.125. The van der Waals surface area contributed by atoms with Gasteiger partial charge in [-0.15, -0.1) is 0 Å². The van der Waals surface area contributed by atoms with Crippen molar-refractivity contribution in [2.45, 2.75) is 136 Å². The number of carbonyl (C=O) groups excluding carboxylic acids is 4. The minimum absolute atomic E-state index is 0.0203. The molecule has 0 atom stereocenters. The maximum absolute atomic E-state index is 13.9. The topological polar surface area (TPSA) is 144 Å². The van der Waals surface area contributed by atoms with E-state index in [2.05, 4.69) is 20.4 Å². The molecule has 2 aromatic carbocycles. The Kier molecular flexibility index (Phi) is 12.0. The zero-order valence-electron chi connectivity index (χ0n) is 40.6. The average Bonchev–Trinajstić information content (AvgIpc) is 4.17. The van der Waals surface area contributed by atoms with Crippen molar-refractivity contribution in [3.63, 3.8) is 0 Å². The van der Waals surface area contributed by atoms with Gasteiger partial charge in [0.15, 0.2) is 11.6 Å². The van der Waals surface area contributed by atoms with E-state index in [4.69, 9.17) is 37.9 Å². The molecule has 0 radical (unpaired) electrons. The van der Waals surface area contributed by atoms with Crippen LogP contribution in [0.5, 0.6) is 0 Å². The van der Waals surface area contributed by atoms with E-state index in [0.717, 1.165) is 139 Å². The summed E-state index contributed by atoms with van der Waals surface area (Å²) in [5, 5.41) is 6.65. The lowest BCUT2D eigenvalue weighted by Crippen LogP contribution is -2.35. The summed E-state index contributed by atoms with van der Waals surface area (Å²) in [5.41, 5.74) is 5.58. The van der Waals surface area contributed by atoms with E-state index in [1.54, 1.807) is 19.1 Å². The summed E-state index contributed by atoms with van der Waals surface area (Å²) in [6, 6.07) is 10.8. The van der Waals surface area contributed by atoms with Gasteiger partial charge < -0.3 is 24.5 Å². The van der Waals surface area contributed by atoms with Crippen LogP contribution in [0, 0.1) is 21.7 Å². The Morgan fingerprint density at radius 2 is 1.09 bits per heavy atom. The van der Waals surface area contributed by atoms with Gasteiger partial charge in [0.25, 0.3) is 11.8 Å². The highest BCUT2D eigenvalue weighted by molar-refractivity contribution is 6.40. The SMILES string of the molecule is CC(=O)C12CCC(CCN3CCc4c(nc(C(=O)Nc5cccc(-c6cccc(NC(=O)c7nc8c(n7C)CCN(CCC79CCC(C(=O)OC(C)(C)C)(CC7)C9)C8)c6Cl)c5Cl)n4C)C3)(CC1)C2. The van der Waals surface area contributed by atoms with Crippen LogP contribution in [0.1, 0.15) is 149 Å². The van der Waals surface area contributed by atoms with Crippen LogP contribution in [-0.2, 0) is 54.4 Å². The number of Topliss-reactive ketones (excluding diaryl/α,β-unsaturated/α-hetero) is 1. The zero-order valence-corrected chi connectivity index (χ0v) is 42.1. The van der Waals surface area contributed by atoms with E-state index in [9.17, 15) is 19.2 Å². The van der Waals surface area contributed by atoms with Crippen LogP contribution in [0.2, 0.25) is 10.0 Å². The van der Waals surface area contributed by atoms with Crippen molar-refractivity contribution in [2.75, 3.05) is 36.8 Å². The Bertz CT molecular complexity index is 2700. The molecule has 68 heavy (non-hydrogen) atoms. The van der Waals surface area contributed by atoms with Gasteiger partial charge in [-0.2, -0.15) is 0 Å². The minimum Gasteiger partial charge on any atom is -0.460 e. The Balaban J connectivity index is 0.764. The van der Waals surface area contributed by atoms with E-state index in [-0.39, 0.29) is 39.4 Å². The van der Waals surface area contributed by atoms with Crippen molar-refractivity contribution in [1.82, 2.24) is 28.9 Å². The lowest BCUT2D eigenvalue weighted by molar-refractivity contribution is -0.167. The van der Waals surface area contributed by atoms with Crippen LogP contribution < -0.4 is 10.6 Å². The molecule has 4 fully saturated rings. The number of hydrogen-bond donors (Lipinski definition) is 2. The fourth-order valence-electron chi connectivity index (χ4n) is 13.2. The number of fused-ring (bicyclic) bond motifs is 6. The third kappa shape index (κ3) is 8.51. The molecule has 4 heterocycles. The number of carbonyl (C=O) groups is 4. The molecule has 0 saturated heterocycles. The highest BCUT2D eigenvalue weighted by Gasteiger charge is 2.59. The summed E-state index contributed by atoms with van der Waals surface area (Å²) in [4.78, 5) is 68.1. The normalized spacial score (nSPS) is 26.5. The molecule has 0 unspecified atom stereocenters. The number of aromatic nitrogens is 4. The van der Waals surface area contributed by atoms with Gasteiger partial charge in [0.1, 0.15) is 11.4 Å². The fraction of sp³-hybridized carbons (Fsp3) is 0.585. The molecule has 6 aliphatic rings. The Morgan fingerprint density at radius 1 is 0.662 bits per heavy atom. The Labute approximate surface area is 410 Å². The van der Waals surface area contributed by atoms with Crippen molar-refractivity contribution in [1.29, 1.82) is 0 Å². The monoisotopic (exact) mass is 964 g/mol. The second kappa shape index (κ2) is 17.4. The number of ether oxygens (including phenoxy) is 1. The lowest BCUT2D eigenvalue weighted by atomic mass is 9.79. The van der Waals surface area contributed by atoms with Crippen molar-refractivity contribution in [3.05, 3.63) is 80.9 Å². The summed E-state index contributed by atoms with van der Waals surface area (Å²) in [7, 11) is 3.79. The highest BCUT2D eigenvalue weighted by atomic mass is 35.5. The molecule has 15 heteroatoms. The minimum atomic E-state index is -0.477. The molecule has 0 spiro atoms. The van der Waals surface area contributed by atoms with Crippen molar-refractivity contribution in [3.8, 4) is 11.1 Å². The number of imidazole rings is 2. The molecule has 2 aromatic heterocycles. The lowest BCUT2D eigenvalue weighted by Gasteiger charge is -2.32. The van der Waals surface area contributed by atoms with Gasteiger partial charge in [-0.25, -0.2) is 9.97 Å². The van der Waals surface area contributed by atoms with Crippen LogP contribution in [0.4, 0.5) is 11.4 Å². The third-order valence-corrected chi connectivity index (χ3v) is 18.1. The van der Waals surface area contributed by atoms with Crippen LogP contribution in [-0.4, -0.2) is 84.2 Å². The van der Waals surface area contributed by atoms with Crippen LogP contribution in [0.3, 0.4) is 0 Å². The van der Waals surface area contributed by atoms with Crippen molar-refractivity contribution < 1.29 is 23.9 Å². The van der Waals surface area contributed by atoms with Crippen molar-refractivity contribution in [2.24, 2.45) is 35.8 Å². The van der Waals surface area contributed by atoms with E-state index in [1.807, 2.05) is 68.3 Å². The summed E-state index contributed by atoms with van der Waals surface area (Å²) < 4.78 is 9.66. The summed E-state index contributed by atoms with van der Waals surface area (Å²) >= 11 is 14.1. The van der Waals surface area contributed by atoms with Crippen LogP contribution in [0.25, 0.3) is 11.1 Å². The van der Waals surface area contributed by atoms with Gasteiger partial charge in [0, 0.05) is 81.0 Å². The average molecular weight is 966 g/mol. The maximum Gasteiger partial charge on any atom is 0.312 e. The van der Waals surface area contributed by atoms with E-state index < -0.39 is 5.60 Å². The first-order valence-corrected chi connectivity index (χ1v) is 25.5. The van der Waals surface area contributed by atoms with Gasteiger partial charge in [-0.3, -0.25) is 29.0 Å². The maximum atomic E-state index is 13.9. The molecule has 362 valence electrons. The first-order chi connectivity index (χ1) is 32.3. The van der Waals surface area contributed by atoms with Gasteiger partial charge >= 0.3 is 5.97 Å². The summed E-state index contributed by atoms with van der Waals surface area (Å²) in [6.45, 7) is 12.6. The van der Waals surface area contributed by atoms with Crippen molar-refractivity contribution >= 4 is 58.1 Å². The molecule has 4 aliphatic carbocycles. The van der Waals surface area contributed by atoms with Crippen LogP contribution >= 0.6 is 23.2 Å². The number of ketones is 1. The number of nitrogens with zero attached hydrogens (tertiary/aromatic N) is 6. The first kappa shape index (κ1) is 47.1. The van der Waals surface area contributed by atoms with Gasteiger partial charge in [0.2, 0.25) is 0 Å². The molecule has 2 amide bonds. The molecule has 2 N–H and O–H groups in total. The molecular weight excluding hydrogens is 900 g/mol. The zero-order chi connectivity index (χ0) is 48.0. The third-order valence-electron chi connectivity index (χ3n) is 17.3. The molecule has 4 saturated carbocycles. The standard InChI is InChI=1S/C53H66Cl2N8O5/c1-33(64)52-19-15-50(31-52,16-20-52)23-27-62-25-13-40-38(29-62)56-44(60(40)5)46(65)58-36-11-7-9-34(42(36)54)35-10-8-12-37(43(35)55)59-47(66)45-57-39-30-63(26-14-41(39)61(45)6)28-24-51-17-21-53(32-51,22-18-51)48(67)68-49(2,3)4/h7-12H,13-32H2,1-6H3,(H,58,65)(H,59,66). The number of nitrogens with one attached hydrogen (secondary N) is 2. The van der Waals surface area contributed by atoms with E-state index >= 15 is 0 Å². The summed E-state index contributed by atoms with van der Waals surface area (Å²) in [6.07, 6.45) is 14.0. The molecule has 13 nitrogen and oxygen atoms in total. The molecule has 4 aromatic rings. The molecular formula is C53H66Cl2N8O5. The molecule has 2 aliphatic heterocycles. The van der Waals surface area contributed by atoms with E-state index in [1.165, 1.54) is 0 Å².